The zero-order valence-corrected chi connectivity index (χ0v) is 15.3. The van der Waals surface area contributed by atoms with Crippen molar-refractivity contribution < 1.29 is 19.1 Å². The van der Waals surface area contributed by atoms with Gasteiger partial charge in [-0.25, -0.2) is 0 Å². The molecule has 0 saturated heterocycles. The van der Waals surface area contributed by atoms with Gasteiger partial charge in [-0.15, -0.1) is 0 Å². The van der Waals surface area contributed by atoms with Crippen LogP contribution in [0.3, 0.4) is 0 Å². The van der Waals surface area contributed by atoms with Gasteiger partial charge >= 0.3 is 5.97 Å². The summed E-state index contributed by atoms with van der Waals surface area (Å²) in [5.41, 5.74) is 1.87. The number of Topliss-reactive ketones (excluding diaryl/α,β-unsaturated/α-hetero) is 1. The molecule has 0 heterocycles. The Morgan fingerprint density at radius 1 is 1.24 bits per heavy atom. The third-order valence-corrected chi connectivity index (χ3v) is 7.61. The van der Waals surface area contributed by atoms with Gasteiger partial charge in [0.1, 0.15) is 5.78 Å². The first-order valence-electron chi connectivity index (χ1n) is 9.37. The molecule has 25 heavy (non-hydrogen) atoms. The molecule has 0 aromatic rings. The summed E-state index contributed by atoms with van der Waals surface area (Å²) in [5.74, 6) is 0.277. The van der Waals surface area contributed by atoms with E-state index in [4.69, 9.17) is 4.74 Å². The first kappa shape index (κ1) is 16.7. The highest BCUT2D eigenvalue weighted by Gasteiger charge is 2.59. The molecular formula is C21H26O4. The number of allylic oxidation sites excluding steroid dienone is 4. The maximum Gasteiger partial charge on any atom is 0.309 e. The highest BCUT2D eigenvalue weighted by molar-refractivity contribution is 5.92. The number of methoxy groups -OCH3 is 1. The molecule has 4 heteroatoms. The highest BCUT2D eigenvalue weighted by Crippen LogP contribution is 2.63. The van der Waals surface area contributed by atoms with Gasteiger partial charge in [0.25, 0.3) is 0 Å². The van der Waals surface area contributed by atoms with Crippen LogP contribution in [0.2, 0.25) is 0 Å². The molecule has 0 aromatic heterocycles. The first-order valence-corrected chi connectivity index (χ1v) is 9.37. The summed E-state index contributed by atoms with van der Waals surface area (Å²) >= 11 is 0. The number of hydrogen-bond donors (Lipinski definition) is 0. The molecule has 4 rings (SSSR count). The average molecular weight is 342 g/mol. The first-order chi connectivity index (χ1) is 11.8. The van der Waals surface area contributed by atoms with Crippen molar-refractivity contribution in [3.63, 3.8) is 0 Å². The van der Waals surface area contributed by atoms with Crippen molar-refractivity contribution in [3.05, 3.63) is 23.3 Å². The molecule has 5 unspecified atom stereocenters. The highest BCUT2D eigenvalue weighted by atomic mass is 16.5. The molecule has 0 aliphatic heterocycles. The summed E-state index contributed by atoms with van der Waals surface area (Å²) in [4.78, 5) is 37.2. The monoisotopic (exact) mass is 342 g/mol. The van der Waals surface area contributed by atoms with Gasteiger partial charge in [-0.05, 0) is 43.6 Å². The maximum absolute atomic E-state index is 12.6. The topological polar surface area (TPSA) is 60.4 Å². The van der Waals surface area contributed by atoms with E-state index in [1.807, 2.05) is 0 Å². The van der Waals surface area contributed by atoms with E-state index < -0.39 is 0 Å². The second kappa shape index (κ2) is 5.39. The number of fused-ring (bicyclic) bond motifs is 5. The molecule has 4 aliphatic carbocycles. The van der Waals surface area contributed by atoms with Crippen LogP contribution in [0.1, 0.15) is 52.4 Å². The lowest BCUT2D eigenvalue weighted by molar-refractivity contribution is -0.150. The van der Waals surface area contributed by atoms with Gasteiger partial charge in [-0.3, -0.25) is 14.4 Å². The second-order valence-electron chi connectivity index (χ2n) is 8.68. The molecule has 0 N–H and O–H groups in total. The van der Waals surface area contributed by atoms with Gasteiger partial charge in [0, 0.05) is 23.7 Å². The lowest BCUT2D eigenvalue weighted by Gasteiger charge is -2.54. The predicted octanol–water partition coefficient (Wildman–Crippen LogP) is 3.41. The molecule has 134 valence electrons. The summed E-state index contributed by atoms with van der Waals surface area (Å²) in [7, 11) is 1.43. The standard InChI is InChI=1S/C21H26O4/c1-20-8-6-13(22)10-12(20)11-14(19(24)25-3)18-15-4-5-17(23)21(15,2)9-7-16(18)20/h7,10,14-15,18H,4-6,8-9,11H2,1-3H3. The van der Waals surface area contributed by atoms with E-state index in [9.17, 15) is 14.4 Å². The van der Waals surface area contributed by atoms with Crippen molar-refractivity contribution in [2.75, 3.05) is 7.11 Å². The van der Waals surface area contributed by atoms with Crippen molar-refractivity contribution in [3.8, 4) is 0 Å². The van der Waals surface area contributed by atoms with Crippen molar-refractivity contribution in [1.82, 2.24) is 0 Å². The zero-order chi connectivity index (χ0) is 18.0. The van der Waals surface area contributed by atoms with Gasteiger partial charge < -0.3 is 4.74 Å². The van der Waals surface area contributed by atoms with Crippen molar-refractivity contribution in [1.29, 1.82) is 0 Å². The molecule has 5 atom stereocenters. The Labute approximate surface area is 148 Å². The SMILES string of the molecule is COC(=O)C1CC2=CC(=O)CCC2(C)C2=CCC3(C)C(=O)CCC3C21. The normalized spacial score (nSPS) is 42.8. The fourth-order valence-electron chi connectivity index (χ4n) is 6.02. The summed E-state index contributed by atoms with van der Waals surface area (Å²) in [5, 5.41) is 0. The quantitative estimate of drug-likeness (QED) is 0.541. The van der Waals surface area contributed by atoms with E-state index in [-0.39, 0.29) is 40.3 Å². The minimum atomic E-state index is -0.345. The van der Waals surface area contributed by atoms with Gasteiger partial charge in [0.05, 0.1) is 13.0 Å². The Kier molecular flexibility index (Phi) is 3.61. The van der Waals surface area contributed by atoms with Gasteiger partial charge in [-0.2, -0.15) is 0 Å². The molecule has 0 radical (unpaired) electrons. The molecule has 2 saturated carbocycles. The summed E-state index contributed by atoms with van der Waals surface area (Å²) in [6.45, 7) is 4.30. The number of rotatable bonds is 1. The Balaban J connectivity index is 1.86. The second-order valence-corrected chi connectivity index (χ2v) is 8.68. The van der Waals surface area contributed by atoms with Crippen LogP contribution in [-0.4, -0.2) is 24.6 Å². The predicted molar refractivity (Wildman–Crippen MR) is 92.6 cm³/mol. The van der Waals surface area contributed by atoms with Crippen LogP contribution in [0, 0.1) is 28.6 Å². The number of ether oxygens (including phenoxy) is 1. The number of esters is 1. The van der Waals surface area contributed by atoms with E-state index >= 15 is 0 Å². The number of carbonyl (C=O) groups is 3. The third kappa shape index (κ3) is 2.15. The van der Waals surface area contributed by atoms with E-state index in [0.29, 0.717) is 25.0 Å². The average Bonchev–Trinajstić information content (AvgIpc) is 2.89. The minimum absolute atomic E-state index is 0.0630. The van der Waals surface area contributed by atoms with Gasteiger partial charge in [0.15, 0.2) is 5.78 Å². The maximum atomic E-state index is 12.6. The van der Waals surface area contributed by atoms with E-state index in [2.05, 4.69) is 19.9 Å². The van der Waals surface area contributed by atoms with Crippen LogP contribution in [-0.2, 0) is 19.1 Å². The number of carbonyl (C=O) groups excluding carboxylic acids is 3. The Morgan fingerprint density at radius 2 is 2.00 bits per heavy atom. The van der Waals surface area contributed by atoms with Crippen LogP contribution < -0.4 is 0 Å². The number of hydrogen-bond acceptors (Lipinski definition) is 4. The van der Waals surface area contributed by atoms with Gasteiger partial charge in [-0.1, -0.05) is 31.1 Å². The lowest BCUT2D eigenvalue weighted by atomic mass is 9.49. The van der Waals surface area contributed by atoms with Crippen LogP contribution in [0.5, 0.6) is 0 Å². The van der Waals surface area contributed by atoms with Crippen molar-refractivity contribution in [2.24, 2.45) is 28.6 Å². The third-order valence-electron chi connectivity index (χ3n) is 7.61. The van der Waals surface area contributed by atoms with Crippen LogP contribution >= 0.6 is 0 Å². The largest absolute Gasteiger partial charge is 0.469 e. The van der Waals surface area contributed by atoms with Crippen molar-refractivity contribution >= 4 is 17.5 Å². The fraction of sp³-hybridized carbons (Fsp3) is 0.667. The van der Waals surface area contributed by atoms with Crippen LogP contribution in [0.4, 0.5) is 0 Å². The summed E-state index contributed by atoms with van der Waals surface area (Å²) in [6.07, 6.45) is 8.18. The van der Waals surface area contributed by atoms with E-state index in [0.717, 1.165) is 24.8 Å². The molecule has 0 bridgehead atoms. The van der Waals surface area contributed by atoms with Gasteiger partial charge in [0.2, 0.25) is 0 Å². The smallest absolute Gasteiger partial charge is 0.309 e. The zero-order valence-electron chi connectivity index (χ0n) is 15.3. The molecule has 0 aromatic carbocycles. The lowest BCUT2D eigenvalue weighted by Crippen LogP contribution is -2.50. The van der Waals surface area contributed by atoms with E-state index in [1.165, 1.54) is 12.7 Å². The van der Waals surface area contributed by atoms with Crippen molar-refractivity contribution in [2.45, 2.75) is 52.4 Å². The molecule has 4 aliphatic rings. The Hall–Kier alpha value is -1.71. The number of ketones is 2. The Bertz CT molecular complexity index is 730. The summed E-state index contributed by atoms with van der Waals surface area (Å²) in [6, 6.07) is 0. The van der Waals surface area contributed by atoms with Crippen LogP contribution in [0.15, 0.2) is 23.3 Å². The molecule has 2 fully saturated rings. The molecule has 0 amide bonds. The minimum Gasteiger partial charge on any atom is -0.469 e. The van der Waals surface area contributed by atoms with Crippen LogP contribution in [0.25, 0.3) is 0 Å². The fourth-order valence-corrected chi connectivity index (χ4v) is 6.02. The molecular weight excluding hydrogens is 316 g/mol. The Morgan fingerprint density at radius 3 is 2.72 bits per heavy atom. The molecule has 4 nitrogen and oxygen atoms in total. The molecule has 0 spiro atoms. The summed E-state index contributed by atoms with van der Waals surface area (Å²) < 4.78 is 5.12. The van der Waals surface area contributed by atoms with E-state index in [1.54, 1.807) is 6.08 Å².